The lowest BCUT2D eigenvalue weighted by molar-refractivity contribution is -0.152. The Morgan fingerprint density at radius 2 is 1.97 bits per heavy atom. The first-order valence-corrected chi connectivity index (χ1v) is 13.0. The number of hydrogen-bond acceptors (Lipinski definition) is 9. The van der Waals surface area contributed by atoms with Crippen molar-refractivity contribution in [3.8, 4) is 0 Å². The molecule has 2 amide bonds. The van der Waals surface area contributed by atoms with Crippen molar-refractivity contribution in [1.82, 2.24) is 20.4 Å². The molecule has 1 fully saturated rings. The number of aliphatic carboxylic acids is 2. The Kier molecular flexibility index (Phi) is 7.17. The van der Waals surface area contributed by atoms with Crippen LogP contribution in [0.15, 0.2) is 39.2 Å². The van der Waals surface area contributed by atoms with Crippen molar-refractivity contribution in [2.75, 3.05) is 5.75 Å². The van der Waals surface area contributed by atoms with E-state index in [1.165, 1.54) is 35.2 Å². The van der Waals surface area contributed by atoms with Crippen LogP contribution in [0, 0.1) is 6.92 Å². The van der Waals surface area contributed by atoms with Gasteiger partial charge in [-0.1, -0.05) is 47.4 Å². The van der Waals surface area contributed by atoms with Crippen LogP contribution < -0.4 is 5.32 Å². The van der Waals surface area contributed by atoms with E-state index in [0.717, 1.165) is 27.2 Å². The number of hydrogen-bond donors (Lipinski definition) is 3. The molecule has 2 aliphatic heterocycles. The third-order valence-electron chi connectivity index (χ3n) is 5.13. The molecule has 10 nitrogen and oxygen atoms in total. The van der Waals surface area contributed by atoms with Crippen LogP contribution >= 0.6 is 46.5 Å². The Labute approximate surface area is 210 Å². The lowest BCUT2D eigenvalue weighted by atomic mass is 9.96. The minimum Gasteiger partial charge on any atom is -0.480 e. The number of thioether (sulfide) groups is 2. The molecule has 0 bridgehead atoms. The van der Waals surface area contributed by atoms with E-state index in [4.69, 9.17) is 11.6 Å². The predicted molar refractivity (Wildman–Crippen MR) is 127 cm³/mol. The highest BCUT2D eigenvalue weighted by atomic mass is 35.5. The first kappa shape index (κ1) is 24.5. The van der Waals surface area contributed by atoms with Crippen LogP contribution in [0.25, 0.3) is 0 Å². The number of alkyl halides is 1. The second-order valence-corrected chi connectivity index (χ2v) is 11.2. The normalized spacial score (nSPS) is 20.4. The molecule has 0 spiro atoms. The maximum Gasteiger partial charge on any atom is 0.353 e. The summed E-state index contributed by atoms with van der Waals surface area (Å²) in [5.41, 5.74) is 0.850. The molecular weight excluding hydrogens is 524 g/mol. The Morgan fingerprint density at radius 1 is 1.26 bits per heavy atom. The molecule has 0 radical (unpaired) electrons. The summed E-state index contributed by atoms with van der Waals surface area (Å²) in [4.78, 5) is 51.1. The molecule has 0 aliphatic carbocycles. The monoisotopic (exact) mass is 540 g/mol. The van der Waals surface area contributed by atoms with Gasteiger partial charge in [0.15, 0.2) is 10.3 Å². The summed E-state index contributed by atoms with van der Waals surface area (Å²) in [7, 11) is 0. The van der Waals surface area contributed by atoms with Crippen molar-refractivity contribution >= 4 is 70.2 Å². The number of carboxylic acids is 2. The van der Waals surface area contributed by atoms with Crippen molar-refractivity contribution in [2.24, 2.45) is 0 Å². The number of β-lactam (4-membered cyclic amide) rings is 1. The number of rotatable bonds is 8. The van der Waals surface area contributed by atoms with Gasteiger partial charge in [-0.15, -0.1) is 33.6 Å². The number of nitrogens with one attached hydrogen (secondary N) is 1. The van der Waals surface area contributed by atoms with E-state index in [0.29, 0.717) is 9.24 Å². The zero-order chi connectivity index (χ0) is 24.6. The van der Waals surface area contributed by atoms with E-state index >= 15 is 0 Å². The van der Waals surface area contributed by atoms with Gasteiger partial charge in [0, 0.05) is 16.5 Å². The lowest BCUT2D eigenvalue weighted by Gasteiger charge is -2.49. The number of aromatic nitrogens is 2. The van der Waals surface area contributed by atoms with Crippen molar-refractivity contribution in [1.29, 1.82) is 0 Å². The van der Waals surface area contributed by atoms with E-state index in [1.54, 1.807) is 19.1 Å². The van der Waals surface area contributed by atoms with E-state index in [9.17, 15) is 29.4 Å². The third kappa shape index (κ3) is 4.65. The molecule has 1 saturated heterocycles. The number of halogens is 1. The standard InChI is InChI=1S/C20H17ClN4O6S3/c1-8-23-24-20(33-8)34-11-7-32-17-13(16(27)25(17)14(11)19(30)31)22-15(26)12(18(28)29)10-4-2-9(6-21)3-5-10/h2-5,12-13,17H,6-7H2,1H3,(H,22,26)(H,28,29)(H,30,31). The van der Waals surface area contributed by atoms with E-state index < -0.39 is 41.1 Å². The van der Waals surface area contributed by atoms with Gasteiger partial charge in [-0.05, 0) is 18.1 Å². The molecule has 4 rings (SSSR count). The highest BCUT2D eigenvalue weighted by Gasteiger charge is 2.55. The van der Waals surface area contributed by atoms with Crippen LogP contribution in [0.3, 0.4) is 0 Å². The molecule has 0 saturated carbocycles. The predicted octanol–water partition coefficient (Wildman–Crippen LogP) is 2.24. The van der Waals surface area contributed by atoms with Gasteiger partial charge in [-0.3, -0.25) is 19.3 Å². The molecule has 178 valence electrons. The lowest BCUT2D eigenvalue weighted by Crippen LogP contribution is -2.70. The van der Waals surface area contributed by atoms with Gasteiger partial charge < -0.3 is 15.5 Å². The second kappa shape index (κ2) is 9.94. The van der Waals surface area contributed by atoms with Crippen molar-refractivity contribution < 1.29 is 29.4 Å². The maximum absolute atomic E-state index is 12.9. The molecule has 3 unspecified atom stereocenters. The summed E-state index contributed by atoms with van der Waals surface area (Å²) in [5.74, 6) is -5.10. The first-order valence-electron chi connectivity index (χ1n) is 9.78. The molecule has 1 aromatic heterocycles. The molecule has 3 heterocycles. The van der Waals surface area contributed by atoms with E-state index in [2.05, 4.69) is 15.5 Å². The zero-order valence-corrected chi connectivity index (χ0v) is 20.6. The van der Waals surface area contributed by atoms with Crippen molar-refractivity contribution in [3.05, 3.63) is 51.0 Å². The van der Waals surface area contributed by atoms with Crippen LogP contribution in [-0.4, -0.2) is 66.2 Å². The third-order valence-corrected chi connectivity index (χ3v) is 8.87. The molecule has 2 aliphatic rings. The van der Waals surface area contributed by atoms with Crippen LogP contribution in [0.4, 0.5) is 0 Å². The van der Waals surface area contributed by atoms with Crippen molar-refractivity contribution in [2.45, 2.75) is 34.5 Å². The van der Waals surface area contributed by atoms with Crippen LogP contribution in [0.1, 0.15) is 22.1 Å². The van der Waals surface area contributed by atoms with Crippen molar-refractivity contribution in [3.63, 3.8) is 0 Å². The molecular formula is C20H17ClN4O6S3. The number of fused-ring (bicyclic) bond motifs is 1. The minimum atomic E-state index is -1.53. The molecule has 2 aromatic rings. The fourth-order valence-electron chi connectivity index (χ4n) is 3.54. The van der Waals surface area contributed by atoms with Crippen LogP contribution in [0.5, 0.6) is 0 Å². The summed E-state index contributed by atoms with van der Waals surface area (Å²) in [5, 5.41) is 29.9. The van der Waals surface area contributed by atoms with Gasteiger partial charge in [0.05, 0.1) is 0 Å². The number of carbonyl (C=O) groups is 4. The summed E-state index contributed by atoms with van der Waals surface area (Å²) < 4.78 is 0.563. The minimum absolute atomic E-state index is 0.163. The first-order chi connectivity index (χ1) is 16.2. The van der Waals surface area contributed by atoms with E-state index in [1.807, 2.05) is 0 Å². The number of aryl methyl sites for hydroxylation is 1. The highest BCUT2D eigenvalue weighted by Crippen LogP contribution is 2.45. The molecule has 3 N–H and O–H groups in total. The van der Waals surface area contributed by atoms with Gasteiger partial charge in [0.2, 0.25) is 5.91 Å². The van der Waals surface area contributed by atoms with Gasteiger partial charge in [-0.2, -0.15) is 0 Å². The largest absolute Gasteiger partial charge is 0.480 e. The van der Waals surface area contributed by atoms with Crippen LogP contribution in [-0.2, 0) is 25.1 Å². The Morgan fingerprint density at radius 3 is 2.53 bits per heavy atom. The summed E-state index contributed by atoms with van der Waals surface area (Å²) in [6, 6.07) is 5.23. The Hall–Kier alpha value is -2.61. The topological polar surface area (TPSA) is 150 Å². The fraction of sp³-hybridized carbons (Fsp3) is 0.300. The summed E-state index contributed by atoms with van der Waals surface area (Å²) >= 11 is 9.50. The fourth-order valence-corrected chi connectivity index (χ4v) is 7.17. The molecule has 34 heavy (non-hydrogen) atoms. The van der Waals surface area contributed by atoms with Gasteiger partial charge in [-0.25, -0.2) is 4.79 Å². The van der Waals surface area contributed by atoms with E-state index in [-0.39, 0.29) is 22.9 Å². The number of carboxylic acid groups (broad SMARTS) is 2. The van der Waals surface area contributed by atoms with Crippen LogP contribution in [0.2, 0.25) is 0 Å². The van der Waals surface area contributed by atoms with Gasteiger partial charge >= 0.3 is 11.9 Å². The highest BCUT2D eigenvalue weighted by molar-refractivity contribution is 8.07. The molecule has 1 aromatic carbocycles. The second-order valence-electron chi connectivity index (χ2n) is 7.31. The Bertz CT molecular complexity index is 1200. The smallest absolute Gasteiger partial charge is 0.353 e. The molecule has 14 heteroatoms. The average molecular weight is 541 g/mol. The summed E-state index contributed by atoms with van der Waals surface area (Å²) in [6.45, 7) is 1.78. The molecule has 3 atom stereocenters. The average Bonchev–Trinajstić information content (AvgIpc) is 3.21. The quantitative estimate of drug-likeness (QED) is 0.258. The number of benzene rings is 1. The number of carbonyl (C=O) groups excluding carboxylic acids is 2. The maximum atomic E-state index is 12.9. The van der Waals surface area contributed by atoms with Gasteiger partial charge in [0.1, 0.15) is 22.1 Å². The Balaban J connectivity index is 1.52. The number of amides is 2. The summed E-state index contributed by atoms with van der Waals surface area (Å²) in [6.07, 6.45) is 0. The zero-order valence-electron chi connectivity index (χ0n) is 17.4. The number of nitrogens with zero attached hydrogens (tertiary/aromatic N) is 3. The van der Waals surface area contributed by atoms with Gasteiger partial charge in [0.25, 0.3) is 5.91 Å². The SMILES string of the molecule is Cc1nnc(SC2=C(C(=O)O)N3C(=O)C(NC(=O)C(C(=O)O)c4ccc(CCl)cc4)C3SC2)s1.